The molecule has 0 aliphatic carbocycles. The van der Waals surface area contributed by atoms with Crippen molar-refractivity contribution in [2.75, 3.05) is 6.54 Å². The van der Waals surface area contributed by atoms with Gasteiger partial charge in [-0.25, -0.2) is 0 Å². The van der Waals surface area contributed by atoms with Gasteiger partial charge in [0.1, 0.15) is 6.54 Å². The molecule has 0 N–H and O–H groups in total. The average molecular weight is 347 g/mol. The summed E-state index contributed by atoms with van der Waals surface area (Å²) in [5.74, 6) is 0.0473. The van der Waals surface area contributed by atoms with E-state index < -0.39 is 0 Å². The van der Waals surface area contributed by atoms with E-state index >= 15 is 0 Å². The predicted octanol–water partition coefficient (Wildman–Crippen LogP) is 3.01. The fraction of sp³-hybridized carbons (Fsp3) is 0.556. The van der Waals surface area contributed by atoms with Crippen LogP contribution in [0, 0.1) is 13.8 Å². The molecule has 2 aromatic rings. The lowest BCUT2D eigenvalue weighted by Crippen LogP contribution is -2.39. The summed E-state index contributed by atoms with van der Waals surface area (Å²) in [6.07, 6.45) is 6.33. The molecular formula is C18H25N3O2S. The highest BCUT2D eigenvalue weighted by Gasteiger charge is 2.28. The van der Waals surface area contributed by atoms with E-state index in [1.807, 2.05) is 38.1 Å². The molecule has 24 heavy (non-hydrogen) atoms. The number of carbonyl (C=O) groups is 1. The topological polar surface area (TPSA) is 47.2 Å². The van der Waals surface area contributed by atoms with Crippen molar-refractivity contribution in [3.63, 3.8) is 0 Å². The van der Waals surface area contributed by atoms with Crippen LogP contribution in [-0.4, -0.2) is 26.5 Å². The Labute approximate surface area is 146 Å². The fourth-order valence-corrected chi connectivity index (χ4v) is 4.36. The molecule has 5 nitrogen and oxygen atoms in total. The first-order valence-corrected chi connectivity index (χ1v) is 9.38. The lowest BCUT2D eigenvalue weighted by molar-refractivity contribution is -0.134. The number of aryl methyl sites for hydroxylation is 2. The van der Waals surface area contributed by atoms with Crippen molar-refractivity contribution >= 4 is 17.2 Å². The highest BCUT2D eigenvalue weighted by Crippen LogP contribution is 2.30. The van der Waals surface area contributed by atoms with E-state index in [0.717, 1.165) is 42.8 Å². The first-order chi connectivity index (χ1) is 11.5. The molecule has 0 saturated carbocycles. The number of thiazole rings is 1. The molecule has 0 bridgehead atoms. The van der Waals surface area contributed by atoms with E-state index in [4.69, 9.17) is 0 Å². The molecule has 1 aliphatic rings. The number of hydrogen-bond acceptors (Lipinski definition) is 3. The van der Waals surface area contributed by atoms with Gasteiger partial charge in [-0.05, 0) is 38.8 Å². The second-order valence-electron chi connectivity index (χ2n) is 6.59. The van der Waals surface area contributed by atoms with Crippen LogP contribution in [0.4, 0.5) is 0 Å². The third-order valence-corrected chi connectivity index (χ3v) is 6.06. The smallest absolute Gasteiger partial charge is 0.308 e. The summed E-state index contributed by atoms with van der Waals surface area (Å²) in [6, 6.07) is 4.23. The minimum Gasteiger partial charge on any atom is -0.353 e. The van der Waals surface area contributed by atoms with Gasteiger partial charge in [0, 0.05) is 36.1 Å². The van der Waals surface area contributed by atoms with E-state index in [-0.39, 0.29) is 23.4 Å². The van der Waals surface area contributed by atoms with Crippen LogP contribution in [-0.2, 0) is 18.4 Å². The highest BCUT2D eigenvalue weighted by molar-refractivity contribution is 7.09. The first kappa shape index (κ1) is 17.0. The van der Waals surface area contributed by atoms with Gasteiger partial charge >= 0.3 is 4.87 Å². The lowest BCUT2D eigenvalue weighted by atomic mass is 10.1. The Morgan fingerprint density at radius 1 is 1.29 bits per heavy atom. The largest absolute Gasteiger partial charge is 0.353 e. The number of nitrogens with zero attached hydrogens (tertiary/aromatic N) is 3. The minimum absolute atomic E-state index is 0.0383. The van der Waals surface area contributed by atoms with Crippen LogP contribution in [0.3, 0.4) is 0 Å². The summed E-state index contributed by atoms with van der Waals surface area (Å²) in [4.78, 5) is 28.1. The Morgan fingerprint density at radius 3 is 2.71 bits per heavy atom. The monoisotopic (exact) mass is 347 g/mol. The van der Waals surface area contributed by atoms with Gasteiger partial charge in [0.05, 0.1) is 6.04 Å². The van der Waals surface area contributed by atoms with E-state index in [9.17, 15) is 9.59 Å². The second-order valence-corrected chi connectivity index (χ2v) is 7.76. The summed E-state index contributed by atoms with van der Waals surface area (Å²) in [5.41, 5.74) is 2.08. The highest BCUT2D eigenvalue weighted by atomic mass is 32.1. The molecule has 0 unspecified atom stereocenters. The van der Waals surface area contributed by atoms with E-state index in [1.165, 1.54) is 17.0 Å². The molecule has 1 amide bonds. The number of hydrogen-bond donors (Lipinski definition) is 0. The summed E-state index contributed by atoms with van der Waals surface area (Å²) in [5, 5.41) is 0. The predicted molar refractivity (Wildman–Crippen MR) is 96.4 cm³/mol. The summed E-state index contributed by atoms with van der Waals surface area (Å²) >= 11 is 1.22. The number of aromatic nitrogens is 2. The van der Waals surface area contributed by atoms with Crippen LogP contribution in [0.15, 0.2) is 23.1 Å². The first-order valence-electron chi connectivity index (χ1n) is 8.56. The molecule has 6 heteroatoms. The molecule has 2 aromatic heterocycles. The number of rotatable bonds is 3. The minimum atomic E-state index is -0.0383. The second kappa shape index (κ2) is 6.97. The van der Waals surface area contributed by atoms with Gasteiger partial charge in [-0.3, -0.25) is 14.2 Å². The Hall–Kier alpha value is -1.82. The molecule has 1 aliphatic heterocycles. The van der Waals surface area contributed by atoms with Crippen molar-refractivity contribution in [2.24, 2.45) is 7.05 Å². The van der Waals surface area contributed by atoms with Crippen molar-refractivity contribution in [1.82, 2.24) is 14.0 Å². The zero-order chi connectivity index (χ0) is 17.3. The molecular weight excluding hydrogens is 322 g/mol. The summed E-state index contributed by atoms with van der Waals surface area (Å²) in [7, 11) is 2.03. The standard InChI is InChI=1S/C18H25N3O2S/c1-13-14(2)24-18(23)21(13)12-17(22)20-11-6-4-5-8-16(20)15-9-7-10-19(15)3/h7,9-10,16H,4-6,8,11-12H2,1-3H3/t16-/m1/s1. The van der Waals surface area contributed by atoms with Gasteiger partial charge in [0.25, 0.3) is 0 Å². The number of carbonyl (C=O) groups excluding carboxylic acids is 1. The van der Waals surface area contributed by atoms with Gasteiger partial charge < -0.3 is 9.47 Å². The zero-order valence-corrected chi connectivity index (χ0v) is 15.4. The third-order valence-electron chi connectivity index (χ3n) is 5.07. The lowest BCUT2D eigenvalue weighted by Gasteiger charge is -2.31. The quantitative estimate of drug-likeness (QED) is 0.857. The Morgan fingerprint density at radius 2 is 2.08 bits per heavy atom. The zero-order valence-electron chi connectivity index (χ0n) is 14.6. The Kier molecular flexibility index (Phi) is 4.94. The fourth-order valence-electron chi connectivity index (χ4n) is 3.53. The molecule has 0 radical (unpaired) electrons. The molecule has 3 heterocycles. The third kappa shape index (κ3) is 3.20. The van der Waals surface area contributed by atoms with Crippen LogP contribution in [0.2, 0.25) is 0 Å². The van der Waals surface area contributed by atoms with Crippen molar-refractivity contribution in [2.45, 2.75) is 52.1 Å². The van der Waals surface area contributed by atoms with Crippen molar-refractivity contribution in [1.29, 1.82) is 0 Å². The van der Waals surface area contributed by atoms with Gasteiger partial charge in [0.2, 0.25) is 5.91 Å². The van der Waals surface area contributed by atoms with Gasteiger partial charge in [-0.1, -0.05) is 24.2 Å². The van der Waals surface area contributed by atoms with Gasteiger partial charge in [-0.2, -0.15) is 0 Å². The maximum atomic E-state index is 13.0. The molecule has 0 aromatic carbocycles. The maximum Gasteiger partial charge on any atom is 0.308 e. The SMILES string of the molecule is Cc1sc(=O)n(CC(=O)N2CCCCC[C@@H]2c2cccn2C)c1C. The van der Waals surface area contributed by atoms with E-state index in [1.54, 1.807) is 4.57 Å². The molecule has 0 spiro atoms. The van der Waals surface area contributed by atoms with Crippen LogP contribution in [0.25, 0.3) is 0 Å². The van der Waals surface area contributed by atoms with Crippen LogP contribution in [0.5, 0.6) is 0 Å². The van der Waals surface area contributed by atoms with Crippen molar-refractivity contribution < 1.29 is 4.79 Å². The van der Waals surface area contributed by atoms with Crippen LogP contribution in [0.1, 0.15) is 48.0 Å². The van der Waals surface area contributed by atoms with Crippen LogP contribution >= 0.6 is 11.3 Å². The van der Waals surface area contributed by atoms with Crippen molar-refractivity contribution in [3.05, 3.63) is 44.3 Å². The number of likely N-dealkylation sites (tertiary alicyclic amines) is 1. The Balaban J connectivity index is 1.87. The molecule has 1 saturated heterocycles. The molecule has 3 rings (SSSR count). The maximum absolute atomic E-state index is 13.0. The number of amides is 1. The van der Waals surface area contributed by atoms with E-state index in [0.29, 0.717) is 0 Å². The average Bonchev–Trinajstić information content (AvgIpc) is 2.95. The summed E-state index contributed by atoms with van der Waals surface area (Å²) < 4.78 is 3.72. The molecule has 1 atom stereocenters. The molecule has 130 valence electrons. The van der Waals surface area contributed by atoms with Crippen LogP contribution < -0.4 is 4.87 Å². The van der Waals surface area contributed by atoms with Gasteiger partial charge in [-0.15, -0.1) is 0 Å². The van der Waals surface area contributed by atoms with Gasteiger partial charge in [0.15, 0.2) is 0 Å². The normalized spacial score (nSPS) is 18.6. The summed E-state index contributed by atoms with van der Waals surface area (Å²) in [6.45, 7) is 4.76. The van der Waals surface area contributed by atoms with E-state index in [2.05, 4.69) is 10.6 Å². The molecule has 1 fully saturated rings. The van der Waals surface area contributed by atoms with Crippen molar-refractivity contribution in [3.8, 4) is 0 Å². The Bertz CT molecular complexity index is 787.